The van der Waals surface area contributed by atoms with Crippen LogP contribution in [-0.4, -0.2) is 73.9 Å². The molecule has 2 heterocycles. The van der Waals surface area contributed by atoms with Gasteiger partial charge in [-0.25, -0.2) is 9.78 Å². The Bertz CT molecular complexity index is 1640. The Kier molecular flexibility index (Phi) is 7.63. The van der Waals surface area contributed by atoms with Crippen LogP contribution in [-0.2, 0) is 9.53 Å². The number of carbonyl (C=O) groups is 3. The molecule has 5 rings (SSSR count). The fourth-order valence-corrected chi connectivity index (χ4v) is 5.13. The predicted molar refractivity (Wildman–Crippen MR) is 158 cm³/mol. The van der Waals surface area contributed by atoms with E-state index >= 15 is 0 Å². The molecule has 0 spiro atoms. The number of ether oxygens (including phenoxy) is 1. The van der Waals surface area contributed by atoms with Crippen molar-refractivity contribution in [2.45, 2.75) is 0 Å². The number of hydrogen-bond donors (Lipinski definition) is 2. The van der Waals surface area contributed by atoms with E-state index in [4.69, 9.17) is 4.74 Å². The lowest BCUT2D eigenvalue weighted by atomic mass is 9.98. The van der Waals surface area contributed by atoms with E-state index in [9.17, 15) is 14.4 Å². The van der Waals surface area contributed by atoms with Crippen molar-refractivity contribution < 1.29 is 19.1 Å². The Morgan fingerprint density at radius 1 is 0.950 bits per heavy atom. The van der Waals surface area contributed by atoms with E-state index in [1.165, 1.54) is 7.11 Å². The Morgan fingerprint density at radius 2 is 1.68 bits per heavy atom. The number of nitrogens with one attached hydrogen (secondary N) is 2. The Hall–Kier alpha value is -4.54. The number of hydrogen-bond acceptors (Lipinski definition) is 8. The second kappa shape index (κ2) is 11.3. The molecule has 0 fully saturated rings. The number of likely N-dealkylation sites (N-methyl/N-ethyl adjacent to an activating group) is 2. The molecule has 0 radical (unpaired) electrons. The minimum Gasteiger partial charge on any atom is -0.465 e. The summed E-state index contributed by atoms with van der Waals surface area (Å²) < 4.78 is 5.87. The van der Waals surface area contributed by atoms with E-state index in [0.29, 0.717) is 45.9 Å². The van der Waals surface area contributed by atoms with Crippen LogP contribution in [0.25, 0.3) is 21.5 Å². The Labute approximate surface area is 236 Å². The van der Waals surface area contributed by atoms with E-state index in [0.717, 1.165) is 22.3 Å². The summed E-state index contributed by atoms with van der Waals surface area (Å²) >= 11 is 1.54. The molecule has 1 aromatic heterocycles. The van der Waals surface area contributed by atoms with Crippen molar-refractivity contribution in [2.75, 3.05) is 52.0 Å². The van der Waals surface area contributed by atoms with Crippen molar-refractivity contribution in [2.24, 2.45) is 0 Å². The lowest BCUT2D eigenvalue weighted by molar-refractivity contribution is -0.110. The van der Waals surface area contributed by atoms with Gasteiger partial charge in [0.15, 0.2) is 0 Å². The fourth-order valence-electron chi connectivity index (χ4n) is 4.47. The summed E-state index contributed by atoms with van der Waals surface area (Å²) in [6, 6.07) is 18.0. The van der Waals surface area contributed by atoms with Gasteiger partial charge in [0.1, 0.15) is 0 Å². The van der Waals surface area contributed by atoms with E-state index in [2.05, 4.69) is 15.6 Å². The maximum absolute atomic E-state index is 13.3. The highest BCUT2D eigenvalue weighted by molar-refractivity contribution is 7.16. The highest BCUT2D eigenvalue weighted by Gasteiger charge is 2.29. The standard InChI is InChI=1S/C30H29N5O4S/c1-34(2)13-14-35(3)29(37)18-5-9-21(10-6-18)32-27(19-8-12-25-24(15-19)31-17-40-25)26-22-11-7-20(30(38)39-4)16-23(22)33-28(26)36/h5-12,15-17,32H,13-14H2,1-4H3,(H,33,36)/b27-26-. The molecule has 1 aliphatic heterocycles. The van der Waals surface area contributed by atoms with Crippen LogP contribution < -0.4 is 10.6 Å². The van der Waals surface area contributed by atoms with Crippen molar-refractivity contribution in [1.82, 2.24) is 14.8 Å². The van der Waals surface area contributed by atoms with Crippen LogP contribution >= 0.6 is 11.3 Å². The minimum absolute atomic E-state index is 0.0635. The fraction of sp³-hybridized carbons (Fsp3) is 0.200. The molecule has 2 N–H and O–H groups in total. The first-order valence-corrected chi connectivity index (χ1v) is 13.5. The van der Waals surface area contributed by atoms with Crippen molar-refractivity contribution in [1.29, 1.82) is 0 Å². The van der Waals surface area contributed by atoms with Crippen LogP contribution in [0.4, 0.5) is 11.4 Å². The monoisotopic (exact) mass is 555 g/mol. The summed E-state index contributed by atoms with van der Waals surface area (Å²) in [7, 11) is 7.05. The van der Waals surface area contributed by atoms with E-state index < -0.39 is 5.97 Å². The highest BCUT2D eigenvalue weighted by atomic mass is 32.1. The summed E-state index contributed by atoms with van der Waals surface area (Å²) in [5.41, 5.74) is 7.21. The smallest absolute Gasteiger partial charge is 0.337 e. The van der Waals surface area contributed by atoms with E-state index in [-0.39, 0.29) is 11.8 Å². The molecule has 0 saturated carbocycles. The van der Waals surface area contributed by atoms with Gasteiger partial charge in [-0.1, -0.05) is 12.1 Å². The second-order valence-electron chi connectivity index (χ2n) is 9.72. The molecule has 10 heteroatoms. The molecule has 0 saturated heterocycles. The van der Waals surface area contributed by atoms with Gasteiger partial charge in [0, 0.05) is 42.5 Å². The molecular weight excluding hydrogens is 526 g/mol. The molecule has 0 aliphatic carbocycles. The number of thiazole rings is 1. The molecule has 40 heavy (non-hydrogen) atoms. The van der Waals surface area contributed by atoms with Gasteiger partial charge in [-0.3, -0.25) is 9.59 Å². The van der Waals surface area contributed by atoms with Gasteiger partial charge in [0.2, 0.25) is 0 Å². The molecule has 2 amide bonds. The number of fused-ring (bicyclic) bond motifs is 2. The molecule has 204 valence electrons. The number of methoxy groups -OCH3 is 1. The molecule has 4 aromatic rings. The summed E-state index contributed by atoms with van der Waals surface area (Å²) in [5.74, 6) is -0.845. The summed E-state index contributed by atoms with van der Waals surface area (Å²) in [5, 5.41) is 6.30. The van der Waals surface area contributed by atoms with Crippen LogP contribution in [0.2, 0.25) is 0 Å². The average molecular weight is 556 g/mol. The minimum atomic E-state index is -0.483. The van der Waals surface area contributed by atoms with Gasteiger partial charge in [-0.05, 0) is 62.6 Å². The zero-order chi connectivity index (χ0) is 28.4. The van der Waals surface area contributed by atoms with Gasteiger partial charge < -0.3 is 25.2 Å². The molecule has 0 atom stereocenters. The van der Waals surface area contributed by atoms with Gasteiger partial charge in [0.05, 0.1) is 45.4 Å². The number of benzene rings is 3. The summed E-state index contributed by atoms with van der Waals surface area (Å²) in [6.45, 7) is 1.39. The van der Waals surface area contributed by atoms with Gasteiger partial charge in [-0.15, -0.1) is 11.3 Å². The van der Waals surface area contributed by atoms with Gasteiger partial charge in [-0.2, -0.15) is 0 Å². The topological polar surface area (TPSA) is 104 Å². The molecule has 9 nitrogen and oxygen atoms in total. The largest absolute Gasteiger partial charge is 0.465 e. The number of nitrogens with zero attached hydrogens (tertiary/aromatic N) is 3. The number of rotatable bonds is 8. The molecule has 0 bridgehead atoms. The summed E-state index contributed by atoms with van der Waals surface area (Å²) in [4.78, 5) is 46.5. The lowest BCUT2D eigenvalue weighted by Crippen LogP contribution is -2.33. The van der Waals surface area contributed by atoms with E-state index in [1.807, 2.05) is 49.3 Å². The SMILES string of the molecule is COC(=O)c1ccc2c(c1)NC(=O)/C2=C(\Nc1ccc(C(=O)N(C)CCN(C)C)cc1)c1ccc2scnc2c1. The Balaban J connectivity index is 1.53. The third-order valence-corrected chi connectivity index (χ3v) is 7.49. The number of aromatic nitrogens is 1. The number of anilines is 2. The number of carbonyl (C=O) groups excluding carboxylic acids is 3. The van der Waals surface area contributed by atoms with E-state index in [1.54, 1.807) is 59.1 Å². The normalized spacial score (nSPS) is 13.7. The lowest BCUT2D eigenvalue weighted by Gasteiger charge is -2.20. The average Bonchev–Trinajstić information content (AvgIpc) is 3.56. The van der Waals surface area contributed by atoms with Crippen molar-refractivity contribution in [3.05, 3.63) is 88.4 Å². The maximum Gasteiger partial charge on any atom is 0.337 e. The first-order valence-electron chi connectivity index (χ1n) is 12.6. The van der Waals surface area contributed by atoms with Gasteiger partial charge in [0.25, 0.3) is 11.8 Å². The van der Waals surface area contributed by atoms with Crippen LogP contribution in [0.3, 0.4) is 0 Å². The molecule has 3 aromatic carbocycles. The zero-order valence-corrected chi connectivity index (χ0v) is 23.5. The Morgan fingerprint density at radius 3 is 2.40 bits per heavy atom. The first-order chi connectivity index (χ1) is 19.2. The number of amides is 2. The van der Waals surface area contributed by atoms with Crippen molar-refractivity contribution in [3.63, 3.8) is 0 Å². The summed E-state index contributed by atoms with van der Waals surface area (Å²) in [6.07, 6.45) is 0. The quantitative estimate of drug-likeness (QED) is 0.241. The van der Waals surface area contributed by atoms with Crippen LogP contribution in [0.5, 0.6) is 0 Å². The maximum atomic E-state index is 13.3. The molecular formula is C30H29N5O4S. The van der Waals surface area contributed by atoms with Crippen LogP contribution in [0.1, 0.15) is 31.8 Å². The first kappa shape index (κ1) is 27.0. The zero-order valence-electron chi connectivity index (χ0n) is 22.6. The van der Waals surface area contributed by atoms with Gasteiger partial charge >= 0.3 is 5.97 Å². The highest BCUT2D eigenvalue weighted by Crippen LogP contribution is 2.39. The second-order valence-corrected chi connectivity index (χ2v) is 10.6. The number of esters is 1. The third-order valence-electron chi connectivity index (χ3n) is 6.68. The van der Waals surface area contributed by atoms with Crippen molar-refractivity contribution in [3.8, 4) is 0 Å². The third kappa shape index (κ3) is 5.45. The van der Waals surface area contributed by atoms with Crippen LogP contribution in [0, 0.1) is 0 Å². The predicted octanol–water partition coefficient (Wildman–Crippen LogP) is 4.65. The molecule has 1 aliphatic rings. The van der Waals surface area contributed by atoms with Crippen molar-refractivity contribution >= 4 is 62.0 Å². The van der Waals surface area contributed by atoms with Crippen LogP contribution in [0.15, 0.2) is 66.2 Å². The molecule has 0 unspecified atom stereocenters.